The van der Waals surface area contributed by atoms with Gasteiger partial charge in [-0.25, -0.2) is 4.68 Å². The van der Waals surface area contributed by atoms with Crippen molar-refractivity contribution in [2.75, 3.05) is 7.11 Å². The van der Waals surface area contributed by atoms with Crippen molar-refractivity contribution in [3.63, 3.8) is 0 Å². The number of hydrogen-bond acceptors (Lipinski definition) is 3. The van der Waals surface area contributed by atoms with Crippen LogP contribution < -0.4 is 4.74 Å². The third-order valence-corrected chi connectivity index (χ3v) is 3.36. The van der Waals surface area contributed by atoms with Gasteiger partial charge in [-0.1, -0.05) is 6.08 Å². The van der Waals surface area contributed by atoms with Gasteiger partial charge in [-0.15, -0.1) is 0 Å². The molecule has 94 valence electrons. The average molecular weight is 236 g/mol. The number of aliphatic hydroxyl groups excluding tert-OH is 1. The topological polar surface area (TPSA) is 47.3 Å². The zero-order valence-corrected chi connectivity index (χ0v) is 10.7. The Morgan fingerprint density at radius 1 is 1.47 bits per heavy atom. The fourth-order valence-corrected chi connectivity index (χ4v) is 2.51. The summed E-state index contributed by atoms with van der Waals surface area (Å²) in [5.41, 5.74) is 2.75. The maximum Gasteiger partial charge on any atom is 0.217 e. The summed E-state index contributed by atoms with van der Waals surface area (Å²) in [5.74, 6) is 0.654. The van der Waals surface area contributed by atoms with Gasteiger partial charge in [0.2, 0.25) is 5.88 Å². The van der Waals surface area contributed by atoms with Gasteiger partial charge in [0.05, 0.1) is 18.4 Å². The van der Waals surface area contributed by atoms with Crippen LogP contribution in [0.15, 0.2) is 11.6 Å². The van der Waals surface area contributed by atoms with Crippen LogP contribution in [0.5, 0.6) is 5.88 Å². The molecule has 1 atom stereocenters. The van der Waals surface area contributed by atoms with Crippen molar-refractivity contribution in [1.29, 1.82) is 0 Å². The molecule has 0 radical (unpaired) electrons. The Morgan fingerprint density at radius 2 is 2.24 bits per heavy atom. The molecule has 1 aromatic rings. The third-order valence-electron chi connectivity index (χ3n) is 3.36. The first-order valence-corrected chi connectivity index (χ1v) is 6.09. The number of ether oxygens (including phenoxy) is 1. The molecule has 1 aromatic heterocycles. The van der Waals surface area contributed by atoms with E-state index in [1.165, 1.54) is 6.42 Å². The van der Waals surface area contributed by atoms with E-state index >= 15 is 0 Å². The standard InChI is InChI=1S/C13H20N2O2/c1-9-11(13(17-3)15(2)14-9)12(16)10-7-5-4-6-8-10/h7,12,16H,4-6,8H2,1-3H3. The molecule has 0 aromatic carbocycles. The summed E-state index contributed by atoms with van der Waals surface area (Å²) in [5, 5.41) is 14.8. The first-order chi connectivity index (χ1) is 8.15. The van der Waals surface area contributed by atoms with Crippen LogP contribution in [-0.4, -0.2) is 22.0 Å². The number of allylic oxidation sites excluding steroid dienone is 1. The fourth-order valence-electron chi connectivity index (χ4n) is 2.51. The van der Waals surface area contributed by atoms with E-state index in [1.54, 1.807) is 11.8 Å². The first-order valence-electron chi connectivity index (χ1n) is 6.09. The largest absolute Gasteiger partial charge is 0.481 e. The zero-order valence-electron chi connectivity index (χ0n) is 10.7. The van der Waals surface area contributed by atoms with Crippen LogP contribution in [0.4, 0.5) is 0 Å². The van der Waals surface area contributed by atoms with Crippen LogP contribution in [0.25, 0.3) is 0 Å². The van der Waals surface area contributed by atoms with E-state index in [1.807, 2.05) is 14.0 Å². The van der Waals surface area contributed by atoms with E-state index in [9.17, 15) is 5.11 Å². The zero-order chi connectivity index (χ0) is 12.4. The van der Waals surface area contributed by atoms with E-state index < -0.39 is 6.10 Å². The second-order valence-electron chi connectivity index (χ2n) is 4.56. The number of hydrogen-bond donors (Lipinski definition) is 1. The Morgan fingerprint density at radius 3 is 2.82 bits per heavy atom. The molecule has 0 bridgehead atoms. The highest BCUT2D eigenvalue weighted by Crippen LogP contribution is 2.36. The Balaban J connectivity index is 2.35. The molecule has 0 fully saturated rings. The van der Waals surface area contributed by atoms with Crippen molar-refractivity contribution in [2.24, 2.45) is 7.05 Å². The van der Waals surface area contributed by atoms with Crippen molar-refractivity contribution < 1.29 is 9.84 Å². The molecule has 4 nitrogen and oxygen atoms in total. The van der Waals surface area contributed by atoms with Gasteiger partial charge in [0.1, 0.15) is 6.10 Å². The van der Waals surface area contributed by atoms with Crippen LogP contribution in [0.2, 0.25) is 0 Å². The normalized spacial score (nSPS) is 17.8. The lowest BCUT2D eigenvalue weighted by molar-refractivity contribution is 0.201. The molecule has 1 aliphatic rings. The van der Waals surface area contributed by atoms with Crippen molar-refractivity contribution in [3.8, 4) is 5.88 Å². The Kier molecular flexibility index (Phi) is 3.52. The molecule has 1 heterocycles. The maximum atomic E-state index is 10.4. The molecule has 0 amide bonds. The van der Waals surface area contributed by atoms with Gasteiger partial charge >= 0.3 is 0 Å². The van der Waals surface area contributed by atoms with Gasteiger partial charge < -0.3 is 9.84 Å². The van der Waals surface area contributed by atoms with Crippen LogP contribution in [0.3, 0.4) is 0 Å². The number of methoxy groups -OCH3 is 1. The second-order valence-corrected chi connectivity index (χ2v) is 4.56. The molecule has 1 unspecified atom stereocenters. The summed E-state index contributed by atoms with van der Waals surface area (Å²) < 4.78 is 7.00. The predicted molar refractivity (Wildman–Crippen MR) is 66.0 cm³/mol. The molecular weight excluding hydrogens is 216 g/mol. The minimum Gasteiger partial charge on any atom is -0.481 e. The molecule has 17 heavy (non-hydrogen) atoms. The highest BCUT2D eigenvalue weighted by molar-refractivity contribution is 5.38. The smallest absolute Gasteiger partial charge is 0.217 e. The minimum atomic E-state index is -0.570. The average Bonchev–Trinajstić information content (AvgIpc) is 2.63. The lowest BCUT2D eigenvalue weighted by Gasteiger charge is -2.19. The van der Waals surface area contributed by atoms with Crippen molar-refractivity contribution in [2.45, 2.75) is 38.7 Å². The van der Waals surface area contributed by atoms with E-state index in [-0.39, 0.29) is 0 Å². The lowest BCUT2D eigenvalue weighted by Crippen LogP contribution is -2.07. The van der Waals surface area contributed by atoms with E-state index in [0.29, 0.717) is 5.88 Å². The Labute approximate surface area is 102 Å². The minimum absolute atomic E-state index is 0.570. The first kappa shape index (κ1) is 12.2. The predicted octanol–water partition coefficient (Wildman–Crippen LogP) is 2.27. The van der Waals surface area contributed by atoms with Crippen molar-refractivity contribution in [3.05, 3.63) is 22.9 Å². The van der Waals surface area contributed by atoms with Gasteiger partial charge in [-0.3, -0.25) is 0 Å². The Bertz CT molecular complexity index is 435. The monoisotopic (exact) mass is 236 g/mol. The van der Waals surface area contributed by atoms with Gasteiger partial charge in [0, 0.05) is 7.05 Å². The highest BCUT2D eigenvalue weighted by Gasteiger charge is 2.24. The second kappa shape index (κ2) is 4.92. The summed E-state index contributed by atoms with van der Waals surface area (Å²) in [7, 11) is 3.44. The summed E-state index contributed by atoms with van der Waals surface area (Å²) >= 11 is 0. The quantitative estimate of drug-likeness (QED) is 0.819. The summed E-state index contributed by atoms with van der Waals surface area (Å²) in [6.07, 6.45) is 6.00. The molecule has 0 saturated carbocycles. The third kappa shape index (κ3) is 2.22. The molecule has 1 aliphatic carbocycles. The van der Waals surface area contributed by atoms with E-state index in [4.69, 9.17) is 4.74 Å². The number of aryl methyl sites for hydroxylation is 2. The lowest BCUT2D eigenvalue weighted by atomic mass is 9.92. The molecule has 4 heteroatoms. The molecule has 0 spiro atoms. The molecular formula is C13H20N2O2. The van der Waals surface area contributed by atoms with Crippen molar-refractivity contribution in [1.82, 2.24) is 9.78 Å². The van der Waals surface area contributed by atoms with Gasteiger partial charge in [0.15, 0.2) is 0 Å². The van der Waals surface area contributed by atoms with Crippen LogP contribution in [0, 0.1) is 6.92 Å². The maximum absolute atomic E-state index is 10.4. The number of aliphatic hydroxyl groups is 1. The molecule has 1 N–H and O–H groups in total. The van der Waals surface area contributed by atoms with Gasteiger partial charge in [-0.2, -0.15) is 5.10 Å². The highest BCUT2D eigenvalue weighted by atomic mass is 16.5. The van der Waals surface area contributed by atoms with Crippen LogP contribution in [-0.2, 0) is 7.05 Å². The van der Waals surface area contributed by atoms with E-state index in [0.717, 1.165) is 36.1 Å². The van der Waals surface area contributed by atoms with Crippen molar-refractivity contribution >= 4 is 0 Å². The molecule has 2 rings (SSSR count). The van der Waals surface area contributed by atoms with Crippen LogP contribution >= 0.6 is 0 Å². The molecule has 0 aliphatic heterocycles. The summed E-state index contributed by atoms with van der Waals surface area (Å²) in [4.78, 5) is 0. The van der Waals surface area contributed by atoms with E-state index in [2.05, 4.69) is 11.2 Å². The van der Waals surface area contributed by atoms with Gasteiger partial charge in [-0.05, 0) is 38.2 Å². The SMILES string of the molecule is COc1c(C(O)C2=CCCCC2)c(C)nn1C. The number of aromatic nitrogens is 2. The number of nitrogens with zero attached hydrogens (tertiary/aromatic N) is 2. The fraction of sp³-hybridized carbons (Fsp3) is 0.615. The van der Waals surface area contributed by atoms with Crippen LogP contribution in [0.1, 0.15) is 43.0 Å². The summed E-state index contributed by atoms with van der Waals surface area (Å²) in [6.45, 7) is 1.91. The van der Waals surface area contributed by atoms with Gasteiger partial charge in [0.25, 0.3) is 0 Å². The Hall–Kier alpha value is -1.29. The summed E-state index contributed by atoms with van der Waals surface area (Å²) in [6, 6.07) is 0. The molecule has 0 saturated heterocycles. The number of rotatable bonds is 3.